The molecule has 0 saturated heterocycles. The van der Waals surface area contributed by atoms with Gasteiger partial charge in [-0.2, -0.15) is 5.10 Å². The number of aromatic nitrogens is 2. The van der Waals surface area contributed by atoms with Crippen LogP contribution in [0.3, 0.4) is 0 Å². The van der Waals surface area contributed by atoms with Gasteiger partial charge in [0.1, 0.15) is 0 Å². The summed E-state index contributed by atoms with van der Waals surface area (Å²) >= 11 is 0. The lowest BCUT2D eigenvalue weighted by atomic mass is 9.87. The van der Waals surface area contributed by atoms with Crippen molar-refractivity contribution in [3.63, 3.8) is 0 Å². The van der Waals surface area contributed by atoms with Crippen molar-refractivity contribution < 1.29 is 9.90 Å². The van der Waals surface area contributed by atoms with Crippen molar-refractivity contribution in [2.24, 2.45) is 5.92 Å². The van der Waals surface area contributed by atoms with E-state index in [1.807, 2.05) is 30.5 Å². The van der Waals surface area contributed by atoms with Gasteiger partial charge in [0.15, 0.2) is 0 Å². The van der Waals surface area contributed by atoms with Gasteiger partial charge in [-0.15, -0.1) is 0 Å². The molecule has 1 aromatic carbocycles. The molecule has 1 aliphatic carbocycles. The van der Waals surface area contributed by atoms with E-state index in [-0.39, 0.29) is 24.5 Å². The van der Waals surface area contributed by atoms with Gasteiger partial charge in [-0.05, 0) is 36.0 Å². The Morgan fingerprint density at radius 2 is 2.22 bits per heavy atom. The first-order chi connectivity index (χ1) is 11.2. The lowest BCUT2D eigenvalue weighted by molar-refractivity contribution is -0.126. The Hall–Kier alpha value is -2.14. The highest BCUT2D eigenvalue weighted by molar-refractivity contribution is 5.79. The summed E-state index contributed by atoms with van der Waals surface area (Å²) in [5.74, 6) is -0.0595. The number of nitrogens with zero attached hydrogens (tertiary/aromatic N) is 1. The summed E-state index contributed by atoms with van der Waals surface area (Å²) in [5, 5.41) is 19.7. The first kappa shape index (κ1) is 15.7. The van der Waals surface area contributed by atoms with Crippen LogP contribution in [-0.2, 0) is 24.1 Å². The minimum Gasteiger partial charge on any atom is -0.394 e. The smallest absolute Gasteiger partial charge is 0.224 e. The normalized spacial score (nSPS) is 18.3. The molecule has 3 N–H and O–H groups in total. The molecule has 0 aliphatic heterocycles. The number of aliphatic hydroxyl groups excluding tert-OH is 1. The number of hydrogen-bond acceptors (Lipinski definition) is 3. The van der Waals surface area contributed by atoms with E-state index < -0.39 is 0 Å². The lowest BCUT2D eigenvalue weighted by Crippen LogP contribution is -2.37. The lowest BCUT2D eigenvalue weighted by Gasteiger charge is -2.24. The molecule has 0 bridgehead atoms. The van der Waals surface area contributed by atoms with Crippen LogP contribution in [0.1, 0.15) is 41.8 Å². The van der Waals surface area contributed by atoms with E-state index in [2.05, 4.69) is 22.4 Å². The number of hydrogen-bond donors (Lipinski definition) is 3. The van der Waals surface area contributed by atoms with E-state index in [4.69, 9.17) is 0 Å². The van der Waals surface area contributed by atoms with E-state index in [1.165, 1.54) is 11.1 Å². The summed E-state index contributed by atoms with van der Waals surface area (Å²) in [6.45, 7) is 2.01. The molecule has 2 aromatic rings. The second-order valence-corrected chi connectivity index (χ2v) is 6.15. The molecule has 2 unspecified atom stereocenters. The van der Waals surface area contributed by atoms with E-state index in [0.29, 0.717) is 6.42 Å². The minimum atomic E-state index is -0.350. The van der Waals surface area contributed by atoms with Crippen LogP contribution >= 0.6 is 0 Å². The first-order valence-electron chi connectivity index (χ1n) is 8.22. The van der Waals surface area contributed by atoms with Gasteiger partial charge < -0.3 is 10.4 Å². The van der Waals surface area contributed by atoms with Gasteiger partial charge in [0.2, 0.25) is 5.91 Å². The van der Waals surface area contributed by atoms with Crippen LogP contribution < -0.4 is 5.32 Å². The molecule has 0 spiro atoms. The average molecular weight is 313 g/mol. The van der Waals surface area contributed by atoms with Gasteiger partial charge in [0, 0.05) is 18.0 Å². The zero-order valence-electron chi connectivity index (χ0n) is 13.4. The largest absolute Gasteiger partial charge is 0.394 e. The van der Waals surface area contributed by atoms with Crippen molar-refractivity contribution in [3.05, 3.63) is 52.8 Å². The van der Waals surface area contributed by atoms with Crippen LogP contribution in [0.2, 0.25) is 0 Å². The average Bonchev–Trinajstić information content (AvgIpc) is 3.07. The van der Waals surface area contributed by atoms with Crippen LogP contribution in [0.4, 0.5) is 0 Å². The SMILES string of the molecule is CCc1ccc(C(CO)NC(=O)C2CCc3cn[nH]c3C2)cc1. The Labute approximate surface area is 136 Å². The van der Waals surface area contributed by atoms with Crippen LogP contribution in [0.5, 0.6) is 0 Å². The Balaban J connectivity index is 1.65. The van der Waals surface area contributed by atoms with Gasteiger partial charge in [-0.3, -0.25) is 9.89 Å². The zero-order chi connectivity index (χ0) is 16.2. The highest BCUT2D eigenvalue weighted by Crippen LogP contribution is 2.24. The zero-order valence-corrected chi connectivity index (χ0v) is 13.4. The third-order valence-corrected chi connectivity index (χ3v) is 4.68. The number of fused-ring (bicyclic) bond motifs is 1. The maximum Gasteiger partial charge on any atom is 0.224 e. The predicted molar refractivity (Wildman–Crippen MR) is 87.9 cm³/mol. The molecule has 3 rings (SSSR count). The molecule has 1 aliphatic rings. The molecular weight excluding hydrogens is 290 g/mol. The number of H-pyrrole nitrogens is 1. The predicted octanol–water partition coefficient (Wildman–Crippen LogP) is 1.93. The number of carbonyl (C=O) groups excluding carboxylic acids is 1. The fourth-order valence-corrected chi connectivity index (χ4v) is 3.14. The highest BCUT2D eigenvalue weighted by Gasteiger charge is 2.27. The van der Waals surface area contributed by atoms with Gasteiger partial charge in [-0.25, -0.2) is 0 Å². The molecule has 23 heavy (non-hydrogen) atoms. The third-order valence-electron chi connectivity index (χ3n) is 4.68. The molecule has 0 fully saturated rings. The minimum absolute atomic E-state index is 0.00358. The van der Waals surface area contributed by atoms with Crippen LogP contribution in [-0.4, -0.2) is 27.8 Å². The van der Waals surface area contributed by atoms with E-state index in [9.17, 15) is 9.90 Å². The number of aliphatic hydroxyl groups is 1. The molecule has 2 atom stereocenters. The Morgan fingerprint density at radius 1 is 1.43 bits per heavy atom. The summed E-state index contributed by atoms with van der Waals surface area (Å²) in [4.78, 5) is 12.5. The quantitative estimate of drug-likeness (QED) is 0.789. The Kier molecular flexibility index (Phi) is 4.76. The van der Waals surface area contributed by atoms with Crippen molar-refractivity contribution in [2.75, 3.05) is 6.61 Å². The molecule has 1 amide bonds. The molecule has 1 aromatic heterocycles. The maximum absolute atomic E-state index is 12.5. The van der Waals surface area contributed by atoms with Gasteiger partial charge in [0.25, 0.3) is 0 Å². The fraction of sp³-hybridized carbons (Fsp3) is 0.444. The number of amides is 1. The number of carbonyl (C=O) groups is 1. The first-order valence-corrected chi connectivity index (χ1v) is 8.22. The van der Waals surface area contributed by atoms with Gasteiger partial charge in [-0.1, -0.05) is 31.2 Å². The van der Waals surface area contributed by atoms with Crippen LogP contribution in [0.25, 0.3) is 0 Å². The van der Waals surface area contributed by atoms with Gasteiger partial charge >= 0.3 is 0 Å². The summed E-state index contributed by atoms with van der Waals surface area (Å²) in [5.41, 5.74) is 4.46. The summed E-state index contributed by atoms with van der Waals surface area (Å²) in [7, 11) is 0. The molecule has 0 saturated carbocycles. The molecule has 1 heterocycles. The molecule has 0 radical (unpaired) electrons. The van der Waals surface area contributed by atoms with Crippen molar-refractivity contribution in [2.45, 2.75) is 38.6 Å². The number of aromatic amines is 1. The third kappa shape index (κ3) is 3.45. The fourth-order valence-electron chi connectivity index (χ4n) is 3.14. The number of nitrogens with one attached hydrogen (secondary N) is 2. The van der Waals surface area contributed by atoms with E-state index in [0.717, 1.165) is 30.5 Å². The second kappa shape index (κ2) is 6.96. The van der Waals surface area contributed by atoms with Crippen molar-refractivity contribution in [3.8, 4) is 0 Å². The highest BCUT2D eigenvalue weighted by atomic mass is 16.3. The van der Waals surface area contributed by atoms with Crippen molar-refractivity contribution in [1.29, 1.82) is 0 Å². The standard InChI is InChI=1S/C18H23N3O2/c1-2-12-3-5-13(6-4-12)17(11-22)20-18(23)14-7-8-15-10-19-21-16(15)9-14/h3-6,10,14,17,22H,2,7-9,11H2,1H3,(H,19,21)(H,20,23). The molecule has 5 heteroatoms. The van der Waals surface area contributed by atoms with Crippen LogP contribution in [0, 0.1) is 5.92 Å². The number of benzene rings is 1. The van der Waals surface area contributed by atoms with Crippen LogP contribution in [0.15, 0.2) is 30.5 Å². The summed E-state index contributed by atoms with van der Waals surface area (Å²) < 4.78 is 0. The maximum atomic E-state index is 12.5. The molecular formula is C18H23N3O2. The van der Waals surface area contributed by atoms with Crippen molar-refractivity contribution >= 4 is 5.91 Å². The Morgan fingerprint density at radius 3 is 2.91 bits per heavy atom. The second-order valence-electron chi connectivity index (χ2n) is 6.15. The van der Waals surface area contributed by atoms with Crippen molar-refractivity contribution in [1.82, 2.24) is 15.5 Å². The van der Waals surface area contributed by atoms with Gasteiger partial charge in [0.05, 0.1) is 18.8 Å². The number of rotatable bonds is 5. The topological polar surface area (TPSA) is 78.0 Å². The summed E-state index contributed by atoms with van der Waals surface area (Å²) in [6.07, 6.45) is 5.21. The Bertz CT molecular complexity index is 663. The molecule has 5 nitrogen and oxygen atoms in total. The molecule has 122 valence electrons. The van der Waals surface area contributed by atoms with E-state index >= 15 is 0 Å². The number of aryl methyl sites for hydroxylation is 2. The van der Waals surface area contributed by atoms with E-state index in [1.54, 1.807) is 0 Å². The summed E-state index contributed by atoms with van der Waals surface area (Å²) in [6, 6.07) is 7.70. The monoisotopic (exact) mass is 313 g/mol.